The van der Waals surface area contributed by atoms with Gasteiger partial charge in [0.15, 0.2) is 0 Å². The molecule has 21 heavy (non-hydrogen) atoms. The monoisotopic (exact) mass is 303 g/mol. The van der Waals surface area contributed by atoms with E-state index >= 15 is 0 Å². The number of thiazole rings is 1. The zero-order chi connectivity index (χ0) is 14.8. The summed E-state index contributed by atoms with van der Waals surface area (Å²) in [4.78, 5) is 16.1. The van der Waals surface area contributed by atoms with Crippen LogP contribution in [-0.4, -0.2) is 22.7 Å². The second kappa shape index (κ2) is 5.85. The maximum atomic E-state index is 11.4. The predicted octanol–water partition coefficient (Wildman–Crippen LogP) is 3.83. The van der Waals surface area contributed by atoms with Gasteiger partial charge in [0.1, 0.15) is 5.75 Å². The first-order valence-electron chi connectivity index (χ1n) is 7.10. The molecule has 0 bridgehead atoms. The van der Waals surface area contributed by atoms with Gasteiger partial charge in [-0.3, -0.25) is 4.79 Å². The Kier molecular flexibility index (Phi) is 3.92. The first-order valence-corrected chi connectivity index (χ1v) is 7.91. The molecule has 0 radical (unpaired) electrons. The average molecular weight is 303 g/mol. The fourth-order valence-electron chi connectivity index (χ4n) is 2.70. The van der Waals surface area contributed by atoms with Gasteiger partial charge in [-0.2, -0.15) is 0 Å². The summed E-state index contributed by atoms with van der Waals surface area (Å²) in [6.07, 6.45) is 5.34. The van der Waals surface area contributed by atoms with E-state index in [1.807, 2.05) is 31.2 Å². The van der Waals surface area contributed by atoms with Gasteiger partial charge in [0.25, 0.3) is 0 Å². The lowest BCUT2D eigenvalue weighted by atomic mass is 9.83. The highest BCUT2D eigenvalue weighted by molar-refractivity contribution is 7.18. The molecule has 3 rings (SSSR count). The normalized spacial score (nSPS) is 21.6. The zero-order valence-corrected chi connectivity index (χ0v) is 12.6. The summed E-state index contributed by atoms with van der Waals surface area (Å²) >= 11 is 1.58. The number of rotatable bonds is 4. The van der Waals surface area contributed by atoms with E-state index in [1.54, 1.807) is 11.3 Å². The molecular weight excluding hydrogens is 286 g/mol. The summed E-state index contributed by atoms with van der Waals surface area (Å²) in [5, 5.41) is 10.3. The van der Waals surface area contributed by atoms with Crippen LogP contribution in [0.5, 0.6) is 5.75 Å². The smallest absolute Gasteiger partial charge is 0.307 e. The zero-order valence-electron chi connectivity index (χ0n) is 11.8. The van der Waals surface area contributed by atoms with Crippen LogP contribution in [0.4, 0.5) is 0 Å². The van der Waals surface area contributed by atoms with Crippen LogP contribution in [0.15, 0.2) is 30.4 Å². The molecule has 0 aliphatic heterocycles. The number of aliphatic carboxylic acids is 1. The number of carbonyl (C=O) groups is 1. The van der Waals surface area contributed by atoms with E-state index < -0.39 is 5.97 Å². The summed E-state index contributed by atoms with van der Waals surface area (Å²) in [5.74, 6) is -0.306. The van der Waals surface area contributed by atoms with E-state index in [-0.39, 0.29) is 11.8 Å². The Hall–Kier alpha value is -1.88. The summed E-state index contributed by atoms with van der Waals surface area (Å²) in [6, 6.07) is 5.83. The first-order chi connectivity index (χ1) is 10.2. The van der Waals surface area contributed by atoms with Gasteiger partial charge >= 0.3 is 5.97 Å². The Morgan fingerprint density at radius 3 is 3.00 bits per heavy atom. The number of aromatic nitrogens is 1. The fraction of sp³-hybridized carbons (Fsp3) is 0.375. The predicted molar refractivity (Wildman–Crippen MR) is 83.0 cm³/mol. The second-order valence-corrected chi connectivity index (χ2v) is 6.17. The van der Waals surface area contributed by atoms with Crippen molar-refractivity contribution in [3.05, 3.63) is 35.4 Å². The van der Waals surface area contributed by atoms with E-state index in [0.29, 0.717) is 13.0 Å². The van der Waals surface area contributed by atoms with E-state index in [4.69, 9.17) is 4.74 Å². The third kappa shape index (κ3) is 2.78. The molecule has 1 aliphatic rings. The van der Waals surface area contributed by atoms with E-state index in [0.717, 1.165) is 27.4 Å². The minimum atomic E-state index is -0.737. The summed E-state index contributed by atoms with van der Waals surface area (Å²) in [7, 11) is 0. The number of carboxylic acid groups (broad SMARTS) is 1. The number of ether oxygens (including phenoxy) is 1. The largest absolute Gasteiger partial charge is 0.494 e. The van der Waals surface area contributed by atoms with Crippen molar-refractivity contribution in [1.82, 2.24) is 4.98 Å². The molecule has 0 spiro atoms. The molecule has 0 amide bonds. The SMILES string of the molecule is CCOc1ccc2nc(C3CC=CCC3C(=O)O)sc2c1. The summed E-state index contributed by atoms with van der Waals surface area (Å²) < 4.78 is 6.55. The van der Waals surface area contributed by atoms with Gasteiger partial charge in [0, 0.05) is 5.92 Å². The number of nitrogens with zero attached hydrogens (tertiary/aromatic N) is 1. The van der Waals surface area contributed by atoms with E-state index in [1.165, 1.54) is 0 Å². The summed E-state index contributed by atoms with van der Waals surface area (Å²) in [5.41, 5.74) is 0.914. The quantitative estimate of drug-likeness (QED) is 0.872. The topological polar surface area (TPSA) is 59.4 Å². The number of benzene rings is 1. The van der Waals surface area contributed by atoms with E-state index in [2.05, 4.69) is 11.1 Å². The van der Waals surface area contributed by atoms with Crippen molar-refractivity contribution in [3.63, 3.8) is 0 Å². The number of hydrogen-bond acceptors (Lipinski definition) is 4. The minimum absolute atomic E-state index is 0.0274. The van der Waals surface area contributed by atoms with Crippen molar-refractivity contribution >= 4 is 27.5 Å². The highest BCUT2D eigenvalue weighted by Gasteiger charge is 2.32. The van der Waals surface area contributed by atoms with Crippen LogP contribution in [0.25, 0.3) is 10.2 Å². The van der Waals surface area contributed by atoms with Gasteiger partial charge in [-0.05, 0) is 38.0 Å². The fourth-order valence-corrected chi connectivity index (χ4v) is 3.87. The molecule has 0 saturated carbocycles. The van der Waals surface area contributed by atoms with E-state index in [9.17, 15) is 9.90 Å². The van der Waals surface area contributed by atoms with Crippen LogP contribution in [0.1, 0.15) is 30.7 Å². The Bertz CT molecular complexity index is 692. The van der Waals surface area contributed by atoms with Gasteiger partial charge < -0.3 is 9.84 Å². The Labute approximate surface area is 127 Å². The standard InChI is InChI=1S/C16H17NO3S/c1-2-20-10-7-8-13-14(9-10)21-15(17-13)11-5-3-4-6-12(11)16(18)19/h3-4,7-9,11-12H,2,5-6H2,1H3,(H,18,19). The van der Waals surface area contributed by atoms with Crippen molar-refractivity contribution in [3.8, 4) is 5.75 Å². The van der Waals surface area contributed by atoms with Crippen LogP contribution < -0.4 is 4.74 Å². The van der Waals surface area contributed by atoms with Crippen molar-refractivity contribution in [2.24, 2.45) is 5.92 Å². The Balaban J connectivity index is 1.96. The van der Waals surface area contributed by atoms with Crippen molar-refractivity contribution < 1.29 is 14.6 Å². The Morgan fingerprint density at radius 2 is 2.24 bits per heavy atom. The lowest BCUT2D eigenvalue weighted by Crippen LogP contribution is -2.23. The molecule has 1 aromatic carbocycles. The van der Waals surface area contributed by atoms with Crippen LogP contribution in [0.3, 0.4) is 0 Å². The molecule has 0 fully saturated rings. The van der Waals surface area contributed by atoms with Crippen LogP contribution in [-0.2, 0) is 4.79 Å². The molecule has 4 nitrogen and oxygen atoms in total. The molecule has 5 heteroatoms. The molecule has 1 heterocycles. The Morgan fingerprint density at radius 1 is 1.43 bits per heavy atom. The third-order valence-corrected chi connectivity index (χ3v) is 4.90. The molecule has 2 atom stereocenters. The lowest BCUT2D eigenvalue weighted by Gasteiger charge is -2.22. The van der Waals surface area contributed by atoms with Gasteiger partial charge in [-0.15, -0.1) is 11.3 Å². The molecule has 110 valence electrons. The maximum absolute atomic E-state index is 11.4. The number of carboxylic acids is 1. The van der Waals surface area contributed by atoms with Crippen molar-refractivity contribution in [1.29, 1.82) is 0 Å². The highest BCUT2D eigenvalue weighted by Crippen LogP contribution is 2.39. The number of allylic oxidation sites excluding steroid dienone is 2. The molecular formula is C16H17NO3S. The van der Waals surface area contributed by atoms with Crippen LogP contribution >= 0.6 is 11.3 Å². The highest BCUT2D eigenvalue weighted by atomic mass is 32.1. The second-order valence-electron chi connectivity index (χ2n) is 5.11. The van der Waals surface area contributed by atoms with Gasteiger partial charge in [0.05, 0.1) is 27.7 Å². The van der Waals surface area contributed by atoms with Crippen molar-refractivity contribution in [2.45, 2.75) is 25.7 Å². The van der Waals surface area contributed by atoms with Crippen LogP contribution in [0.2, 0.25) is 0 Å². The van der Waals surface area contributed by atoms with Gasteiger partial charge in [-0.1, -0.05) is 12.2 Å². The molecule has 1 aliphatic carbocycles. The molecule has 1 N–H and O–H groups in total. The molecule has 1 aromatic heterocycles. The minimum Gasteiger partial charge on any atom is -0.494 e. The average Bonchev–Trinajstić information content (AvgIpc) is 2.90. The molecule has 0 saturated heterocycles. The first kappa shape index (κ1) is 14.1. The summed E-state index contributed by atoms with van der Waals surface area (Å²) in [6.45, 7) is 2.58. The maximum Gasteiger partial charge on any atom is 0.307 e. The van der Waals surface area contributed by atoms with Gasteiger partial charge in [0.2, 0.25) is 0 Å². The molecule has 2 aromatic rings. The van der Waals surface area contributed by atoms with Crippen LogP contribution in [0, 0.1) is 5.92 Å². The number of fused-ring (bicyclic) bond motifs is 1. The van der Waals surface area contributed by atoms with Gasteiger partial charge in [-0.25, -0.2) is 4.98 Å². The number of hydrogen-bond donors (Lipinski definition) is 1. The third-order valence-electron chi connectivity index (χ3n) is 3.75. The van der Waals surface area contributed by atoms with Crippen molar-refractivity contribution in [2.75, 3.05) is 6.61 Å². The molecule has 2 unspecified atom stereocenters. The lowest BCUT2D eigenvalue weighted by molar-refractivity contribution is -0.142.